The lowest BCUT2D eigenvalue weighted by atomic mass is 9.97. The molecule has 0 bridgehead atoms. The summed E-state index contributed by atoms with van der Waals surface area (Å²) in [6, 6.07) is 7.84. The summed E-state index contributed by atoms with van der Waals surface area (Å²) in [5.41, 5.74) is 3.34. The average molecular weight is 220 g/mol. The maximum absolute atomic E-state index is 5.44. The van der Waals surface area contributed by atoms with Crippen LogP contribution in [0.1, 0.15) is 43.2 Å². The SMILES string of the molecule is C#Cc1ccccc1C#CCC1=CCCCC1. The zero-order valence-corrected chi connectivity index (χ0v) is 10.00. The molecule has 1 aliphatic carbocycles. The molecule has 17 heavy (non-hydrogen) atoms. The van der Waals surface area contributed by atoms with Gasteiger partial charge in [0, 0.05) is 17.5 Å². The third-order valence-electron chi connectivity index (χ3n) is 3.01. The molecule has 0 saturated heterocycles. The van der Waals surface area contributed by atoms with Crippen LogP contribution in [-0.4, -0.2) is 0 Å². The van der Waals surface area contributed by atoms with E-state index >= 15 is 0 Å². The molecular weight excluding hydrogens is 204 g/mol. The number of benzene rings is 1. The van der Waals surface area contributed by atoms with Crippen molar-refractivity contribution in [1.82, 2.24) is 0 Å². The molecule has 1 aromatic carbocycles. The molecule has 0 heteroatoms. The van der Waals surface area contributed by atoms with Crippen molar-refractivity contribution in [1.29, 1.82) is 0 Å². The molecule has 0 amide bonds. The number of terminal acetylenes is 1. The number of hydrogen-bond acceptors (Lipinski definition) is 0. The highest BCUT2D eigenvalue weighted by Gasteiger charge is 2.01. The van der Waals surface area contributed by atoms with Crippen LogP contribution in [0.25, 0.3) is 0 Å². The van der Waals surface area contributed by atoms with Gasteiger partial charge in [0.05, 0.1) is 0 Å². The third-order valence-corrected chi connectivity index (χ3v) is 3.01. The second-order valence-electron chi connectivity index (χ2n) is 4.28. The van der Waals surface area contributed by atoms with Gasteiger partial charge in [0.15, 0.2) is 0 Å². The Morgan fingerprint density at radius 2 is 1.94 bits per heavy atom. The highest BCUT2D eigenvalue weighted by molar-refractivity contribution is 5.49. The van der Waals surface area contributed by atoms with E-state index in [0.717, 1.165) is 17.5 Å². The Kier molecular flexibility index (Phi) is 4.06. The van der Waals surface area contributed by atoms with E-state index in [1.807, 2.05) is 24.3 Å². The molecule has 0 N–H and O–H groups in total. The van der Waals surface area contributed by atoms with Crippen molar-refractivity contribution < 1.29 is 0 Å². The Hall–Kier alpha value is -1.92. The maximum atomic E-state index is 5.44. The molecule has 0 aliphatic heterocycles. The summed E-state index contributed by atoms with van der Waals surface area (Å²) in [5.74, 6) is 9.08. The summed E-state index contributed by atoms with van der Waals surface area (Å²) >= 11 is 0. The van der Waals surface area contributed by atoms with Gasteiger partial charge in [-0.15, -0.1) is 6.42 Å². The average Bonchev–Trinajstić information content (AvgIpc) is 2.40. The lowest BCUT2D eigenvalue weighted by molar-refractivity contribution is 0.693. The largest absolute Gasteiger partial charge is 0.115 e. The standard InChI is InChI=1S/C17H16/c1-2-16-12-6-7-13-17(16)14-8-11-15-9-4-3-5-10-15/h1,6-7,9,12-13H,3-5,10-11H2. The van der Waals surface area contributed by atoms with Crippen LogP contribution < -0.4 is 0 Å². The van der Waals surface area contributed by atoms with Gasteiger partial charge < -0.3 is 0 Å². The van der Waals surface area contributed by atoms with Crippen LogP contribution in [0.3, 0.4) is 0 Å². The Bertz CT molecular complexity index is 515. The number of hydrogen-bond donors (Lipinski definition) is 0. The lowest BCUT2D eigenvalue weighted by Crippen LogP contribution is -1.90. The van der Waals surface area contributed by atoms with Crippen LogP contribution in [-0.2, 0) is 0 Å². The minimum absolute atomic E-state index is 0.887. The molecule has 0 atom stereocenters. The van der Waals surface area contributed by atoms with E-state index in [0.29, 0.717) is 0 Å². The van der Waals surface area contributed by atoms with Crippen molar-refractivity contribution in [3.05, 3.63) is 47.0 Å². The highest BCUT2D eigenvalue weighted by Crippen LogP contribution is 2.19. The van der Waals surface area contributed by atoms with Gasteiger partial charge in [0.2, 0.25) is 0 Å². The van der Waals surface area contributed by atoms with Gasteiger partial charge in [-0.2, -0.15) is 0 Å². The highest BCUT2D eigenvalue weighted by atomic mass is 14.1. The molecule has 0 spiro atoms. The fraction of sp³-hybridized carbons (Fsp3) is 0.294. The first-order valence-electron chi connectivity index (χ1n) is 6.12. The quantitative estimate of drug-likeness (QED) is 0.497. The molecule has 0 heterocycles. The number of rotatable bonds is 1. The van der Waals surface area contributed by atoms with Gasteiger partial charge in [0.25, 0.3) is 0 Å². The van der Waals surface area contributed by atoms with Crippen molar-refractivity contribution in [3.63, 3.8) is 0 Å². The van der Waals surface area contributed by atoms with Gasteiger partial charge >= 0.3 is 0 Å². The van der Waals surface area contributed by atoms with Gasteiger partial charge in [-0.1, -0.05) is 41.5 Å². The van der Waals surface area contributed by atoms with Crippen molar-refractivity contribution in [2.24, 2.45) is 0 Å². The first-order valence-corrected chi connectivity index (χ1v) is 6.12. The zero-order chi connectivity index (χ0) is 11.9. The molecule has 0 saturated carbocycles. The molecule has 84 valence electrons. The molecular formula is C17H16. The first-order chi connectivity index (χ1) is 8.40. The van der Waals surface area contributed by atoms with Crippen LogP contribution in [0, 0.1) is 24.2 Å². The molecule has 0 nitrogen and oxygen atoms in total. The molecule has 1 aliphatic rings. The first kappa shape index (κ1) is 11.6. The van der Waals surface area contributed by atoms with Crippen LogP contribution in [0.15, 0.2) is 35.9 Å². The fourth-order valence-electron chi connectivity index (χ4n) is 2.04. The predicted molar refractivity (Wildman–Crippen MR) is 72.4 cm³/mol. The number of allylic oxidation sites excluding steroid dienone is 2. The smallest absolute Gasteiger partial charge is 0.0401 e. The van der Waals surface area contributed by atoms with E-state index in [2.05, 4.69) is 23.8 Å². The van der Waals surface area contributed by atoms with E-state index in [1.54, 1.807) is 0 Å². The third kappa shape index (κ3) is 3.27. The summed E-state index contributed by atoms with van der Waals surface area (Å²) in [4.78, 5) is 0. The summed E-state index contributed by atoms with van der Waals surface area (Å²) in [7, 11) is 0. The van der Waals surface area contributed by atoms with Gasteiger partial charge in [0.1, 0.15) is 0 Å². The monoisotopic (exact) mass is 220 g/mol. The molecule has 0 aromatic heterocycles. The minimum Gasteiger partial charge on any atom is -0.115 e. The lowest BCUT2D eigenvalue weighted by Gasteiger charge is -2.08. The van der Waals surface area contributed by atoms with Gasteiger partial charge in [-0.25, -0.2) is 0 Å². The van der Waals surface area contributed by atoms with Crippen LogP contribution in [0.4, 0.5) is 0 Å². The van der Waals surface area contributed by atoms with Crippen molar-refractivity contribution in [3.8, 4) is 24.2 Å². The van der Waals surface area contributed by atoms with Crippen molar-refractivity contribution in [2.75, 3.05) is 0 Å². The maximum Gasteiger partial charge on any atom is 0.0401 e. The minimum atomic E-state index is 0.887. The molecule has 2 rings (SSSR count). The molecule has 1 aromatic rings. The summed E-state index contributed by atoms with van der Waals surface area (Å²) in [6.45, 7) is 0. The van der Waals surface area contributed by atoms with E-state index in [4.69, 9.17) is 6.42 Å². The van der Waals surface area contributed by atoms with Crippen molar-refractivity contribution >= 4 is 0 Å². The predicted octanol–water partition coefficient (Wildman–Crippen LogP) is 3.91. The van der Waals surface area contributed by atoms with Crippen LogP contribution in [0.5, 0.6) is 0 Å². The summed E-state index contributed by atoms with van der Waals surface area (Å²) in [5, 5.41) is 0. The van der Waals surface area contributed by atoms with E-state index < -0.39 is 0 Å². The normalized spacial score (nSPS) is 14.2. The zero-order valence-electron chi connectivity index (χ0n) is 10.00. The van der Waals surface area contributed by atoms with Crippen LogP contribution >= 0.6 is 0 Å². The Balaban J connectivity index is 2.06. The van der Waals surface area contributed by atoms with E-state index in [9.17, 15) is 0 Å². The topological polar surface area (TPSA) is 0 Å². The van der Waals surface area contributed by atoms with E-state index in [-0.39, 0.29) is 0 Å². The van der Waals surface area contributed by atoms with Crippen molar-refractivity contribution in [2.45, 2.75) is 32.1 Å². The van der Waals surface area contributed by atoms with Crippen LogP contribution in [0.2, 0.25) is 0 Å². The Labute approximate surface area is 104 Å². The fourth-order valence-corrected chi connectivity index (χ4v) is 2.04. The molecule has 0 unspecified atom stereocenters. The summed E-state index contributed by atoms with van der Waals surface area (Å²) in [6.07, 6.45) is 13.7. The van der Waals surface area contributed by atoms with E-state index in [1.165, 1.54) is 31.3 Å². The second kappa shape index (κ2) is 5.97. The molecule has 0 fully saturated rings. The Morgan fingerprint density at radius 1 is 1.12 bits per heavy atom. The van der Waals surface area contributed by atoms with Gasteiger partial charge in [-0.3, -0.25) is 0 Å². The summed E-state index contributed by atoms with van der Waals surface area (Å²) < 4.78 is 0. The molecule has 0 radical (unpaired) electrons. The Morgan fingerprint density at radius 3 is 2.65 bits per heavy atom. The second-order valence-corrected chi connectivity index (χ2v) is 4.28. The van der Waals surface area contributed by atoms with Gasteiger partial charge in [-0.05, 0) is 37.8 Å².